The third kappa shape index (κ3) is 5.07. The van der Waals surface area contributed by atoms with Gasteiger partial charge in [-0.1, -0.05) is 68.3 Å². The Hall–Kier alpha value is -3.82. The van der Waals surface area contributed by atoms with Crippen molar-refractivity contribution >= 4 is 5.91 Å². The summed E-state index contributed by atoms with van der Waals surface area (Å²) in [6, 6.07) is 19.3. The maximum atomic E-state index is 14.2. The largest absolute Gasteiger partial charge is 0.421 e. The average Bonchev–Trinajstić information content (AvgIpc) is 3.66. The van der Waals surface area contributed by atoms with Gasteiger partial charge in [0.25, 0.3) is 5.91 Å². The normalized spacial score (nSPS) is 23.3. The maximum absolute atomic E-state index is 14.2. The first-order valence-electron chi connectivity index (χ1n) is 14.3. The van der Waals surface area contributed by atoms with Gasteiger partial charge in [0, 0.05) is 37.2 Å². The van der Waals surface area contributed by atoms with Crippen LogP contribution in [0.5, 0.6) is 0 Å². The third-order valence-corrected chi connectivity index (χ3v) is 8.46. The minimum Gasteiger partial charge on any atom is -0.421 e. The number of piperazine rings is 1. The van der Waals surface area contributed by atoms with Gasteiger partial charge in [0.1, 0.15) is 0 Å². The Kier molecular flexibility index (Phi) is 7.49. The number of hydrogen-bond donors (Lipinski definition) is 2. The Labute approximate surface area is 234 Å². The fraction of sp³-hybridized carbons (Fsp3) is 0.419. The fourth-order valence-electron chi connectivity index (χ4n) is 6.23. The minimum absolute atomic E-state index is 0.122. The quantitative estimate of drug-likeness (QED) is 0.355. The lowest BCUT2D eigenvalue weighted by atomic mass is 9.78. The fourth-order valence-corrected chi connectivity index (χ4v) is 6.23. The van der Waals surface area contributed by atoms with Gasteiger partial charge < -0.3 is 24.3 Å². The van der Waals surface area contributed by atoms with Gasteiger partial charge in [0.2, 0.25) is 11.8 Å². The van der Waals surface area contributed by atoms with Gasteiger partial charge in [-0.25, -0.2) is 4.98 Å². The molecule has 40 heavy (non-hydrogen) atoms. The molecule has 1 aliphatic heterocycles. The predicted molar refractivity (Wildman–Crippen MR) is 152 cm³/mol. The Morgan fingerprint density at radius 2 is 1.82 bits per heavy atom. The summed E-state index contributed by atoms with van der Waals surface area (Å²) in [4.78, 5) is 20.8. The van der Waals surface area contributed by atoms with Crippen molar-refractivity contribution in [3.63, 3.8) is 0 Å². The van der Waals surface area contributed by atoms with Gasteiger partial charge in [-0.2, -0.15) is 0 Å². The monoisotopic (exact) mass is 540 g/mol. The second kappa shape index (κ2) is 11.3. The average molecular weight is 541 g/mol. The van der Waals surface area contributed by atoms with Crippen molar-refractivity contribution in [1.29, 1.82) is 0 Å². The van der Waals surface area contributed by atoms with Crippen molar-refractivity contribution in [2.24, 2.45) is 0 Å². The molecule has 1 amide bonds. The summed E-state index contributed by atoms with van der Waals surface area (Å²) in [7, 11) is 0. The maximum Gasteiger partial charge on any atom is 0.275 e. The molecule has 0 unspecified atom stereocenters. The summed E-state index contributed by atoms with van der Waals surface area (Å²) >= 11 is 0. The van der Waals surface area contributed by atoms with Crippen LogP contribution in [0.15, 0.2) is 71.4 Å². The molecule has 2 N–H and O–H groups in total. The second-order valence-corrected chi connectivity index (χ2v) is 10.9. The molecule has 9 nitrogen and oxygen atoms in total. The number of hydrogen-bond acceptors (Lipinski definition) is 7. The highest BCUT2D eigenvalue weighted by Gasteiger charge is 2.41. The molecule has 1 saturated heterocycles. The Bertz CT molecular complexity index is 1440. The molecule has 2 aliphatic rings. The van der Waals surface area contributed by atoms with Crippen LogP contribution in [0.1, 0.15) is 61.4 Å². The van der Waals surface area contributed by atoms with Crippen LogP contribution in [0.25, 0.3) is 22.7 Å². The molecule has 4 aromatic rings. The molecule has 0 spiro atoms. The van der Waals surface area contributed by atoms with Crippen molar-refractivity contribution in [1.82, 2.24) is 30.0 Å². The van der Waals surface area contributed by atoms with E-state index in [-0.39, 0.29) is 18.0 Å². The zero-order valence-corrected chi connectivity index (χ0v) is 22.9. The number of aliphatic hydroxyl groups is 1. The lowest BCUT2D eigenvalue weighted by Gasteiger charge is -2.41. The highest BCUT2D eigenvalue weighted by Crippen LogP contribution is 2.42. The number of rotatable bonds is 7. The van der Waals surface area contributed by atoms with E-state index >= 15 is 0 Å². The van der Waals surface area contributed by atoms with Crippen molar-refractivity contribution in [2.75, 3.05) is 19.6 Å². The number of aromatic nitrogens is 4. The van der Waals surface area contributed by atoms with Crippen LogP contribution >= 0.6 is 0 Å². The number of benzene rings is 2. The molecule has 208 valence electrons. The highest BCUT2D eigenvalue weighted by molar-refractivity contribution is 5.98. The van der Waals surface area contributed by atoms with E-state index in [1.165, 1.54) is 0 Å². The number of nitrogens with zero attached hydrogens (tertiary/aromatic N) is 5. The first-order valence-corrected chi connectivity index (χ1v) is 14.3. The molecule has 2 fully saturated rings. The Morgan fingerprint density at radius 3 is 2.58 bits per heavy atom. The molecular weight excluding hydrogens is 504 g/mol. The first-order chi connectivity index (χ1) is 19.6. The van der Waals surface area contributed by atoms with Crippen molar-refractivity contribution in [3.05, 3.63) is 78.6 Å². The molecule has 9 heteroatoms. The minimum atomic E-state index is -0.825. The van der Waals surface area contributed by atoms with E-state index in [1.807, 2.05) is 72.5 Å². The van der Waals surface area contributed by atoms with Crippen molar-refractivity contribution in [3.8, 4) is 22.7 Å². The van der Waals surface area contributed by atoms with Crippen molar-refractivity contribution in [2.45, 2.75) is 63.1 Å². The Morgan fingerprint density at radius 1 is 1.07 bits per heavy atom. The van der Waals surface area contributed by atoms with E-state index in [1.54, 1.807) is 6.33 Å². The van der Waals surface area contributed by atoms with Crippen LogP contribution in [-0.2, 0) is 6.42 Å². The van der Waals surface area contributed by atoms with Crippen LogP contribution in [-0.4, -0.2) is 66.9 Å². The van der Waals surface area contributed by atoms with Gasteiger partial charge >= 0.3 is 0 Å². The molecular formula is C31H36N6O3. The molecule has 6 rings (SSSR count). The summed E-state index contributed by atoms with van der Waals surface area (Å²) in [5.74, 6) is 0.843. The summed E-state index contributed by atoms with van der Waals surface area (Å²) in [5, 5.41) is 23.5. The van der Waals surface area contributed by atoms with Crippen LogP contribution in [0.2, 0.25) is 0 Å². The molecule has 0 bridgehead atoms. The van der Waals surface area contributed by atoms with E-state index in [0.29, 0.717) is 50.0 Å². The Balaban J connectivity index is 1.32. The van der Waals surface area contributed by atoms with Gasteiger partial charge in [0.15, 0.2) is 5.69 Å². The van der Waals surface area contributed by atoms with E-state index < -0.39 is 5.60 Å². The van der Waals surface area contributed by atoms with E-state index in [9.17, 15) is 9.90 Å². The lowest BCUT2D eigenvalue weighted by Crippen LogP contribution is -2.54. The number of amides is 1. The zero-order chi connectivity index (χ0) is 27.5. The van der Waals surface area contributed by atoms with Gasteiger partial charge in [-0.05, 0) is 31.4 Å². The highest BCUT2D eigenvalue weighted by atomic mass is 16.4. The second-order valence-electron chi connectivity index (χ2n) is 10.9. The summed E-state index contributed by atoms with van der Waals surface area (Å²) in [6.45, 7) is 3.90. The van der Waals surface area contributed by atoms with Crippen LogP contribution in [0.4, 0.5) is 0 Å². The summed E-state index contributed by atoms with van der Waals surface area (Å²) < 4.78 is 8.04. The molecule has 1 saturated carbocycles. The lowest BCUT2D eigenvalue weighted by molar-refractivity contribution is -0.0439. The van der Waals surface area contributed by atoms with E-state index in [0.717, 1.165) is 42.5 Å². The van der Waals surface area contributed by atoms with E-state index in [2.05, 4.69) is 20.1 Å². The third-order valence-electron chi connectivity index (χ3n) is 8.46. The molecule has 1 aliphatic carbocycles. The molecule has 2 aromatic carbocycles. The number of nitrogens with one attached hydrogen (secondary N) is 1. The SMILES string of the molecule is CC[C@]1(O)CCCC[C@H]1n1cnc(C(=O)N2CCNC[C@H]2Cc2nnc(-c3ccccc3)o2)c1-c1ccccc1. The molecule has 0 radical (unpaired) electrons. The zero-order valence-electron chi connectivity index (χ0n) is 22.9. The van der Waals surface area contributed by atoms with Gasteiger partial charge in [0.05, 0.1) is 29.7 Å². The standard InChI is InChI=1S/C31H36N6O3/c1-2-31(39)16-10-9-15-25(31)37-21-33-27(28(37)22-11-5-3-6-12-22)30(38)36-18-17-32-20-24(36)19-26-34-35-29(40-26)23-13-7-4-8-14-23/h3-8,11-14,21,24-25,32,39H,2,9-10,15-20H2,1H3/t24-,25-,31+/m1/s1. The van der Waals surface area contributed by atoms with Crippen LogP contribution < -0.4 is 5.32 Å². The molecule has 3 heterocycles. The number of carbonyl (C=O) groups is 1. The summed E-state index contributed by atoms with van der Waals surface area (Å²) in [5.41, 5.74) is 2.14. The van der Waals surface area contributed by atoms with Crippen LogP contribution in [0.3, 0.4) is 0 Å². The number of carbonyl (C=O) groups excluding carboxylic acids is 1. The summed E-state index contributed by atoms with van der Waals surface area (Å²) in [6.07, 6.45) is 6.50. The van der Waals surface area contributed by atoms with Gasteiger partial charge in [-0.3, -0.25) is 4.79 Å². The topological polar surface area (TPSA) is 109 Å². The smallest absolute Gasteiger partial charge is 0.275 e. The van der Waals surface area contributed by atoms with E-state index in [4.69, 9.17) is 9.40 Å². The molecule has 2 aromatic heterocycles. The predicted octanol–water partition coefficient (Wildman–Crippen LogP) is 4.51. The van der Waals surface area contributed by atoms with Crippen molar-refractivity contribution < 1.29 is 14.3 Å². The van der Waals surface area contributed by atoms with Gasteiger partial charge in [-0.15, -0.1) is 10.2 Å². The first kappa shape index (κ1) is 26.4. The number of imidazole rings is 1. The van der Waals surface area contributed by atoms with Crippen LogP contribution in [0, 0.1) is 0 Å². The molecule has 3 atom stereocenters.